The number of rotatable bonds is 4. The Morgan fingerprint density at radius 3 is 2.57 bits per heavy atom. The fraction of sp³-hybridized carbons (Fsp3) is 0.455. The van der Waals surface area contributed by atoms with Crippen LogP contribution in [0, 0.1) is 0 Å². The molecule has 0 amide bonds. The monoisotopic (exact) mass is 195 g/mol. The molecular formula is C11H17NO2. The Morgan fingerprint density at radius 2 is 2.07 bits per heavy atom. The Kier molecular flexibility index (Phi) is 3.77. The number of methoxy groups -OCH3 is 1. The summed E-state index contributed by atoms with van der Waals surface area (Å²) < 4.78 is 5.14. The first-order valence-electron chi connectivity index (χ1n) is 4.64. The highest BCUT2D eigenvalue weighted by atomic mass is 16.5. The van der Waals surface area contributed by atoms with Gasteiger partial charge in [0.1, 0.15) is 5.75 Å². The van der Waals surface area contributed by atoms with Gasteiger partial charge >= 0.3 is 0 Å². The van der Waals surface area contributed by atoms with Gasteiger partial charge in [-0.2, -0.15) is 0 Å². The molecule has 1 N–H and O–H groups in total. The van der Waals surface area contributed by atoms with Crippen molar-refractivity contribution in [3.05, 3.63) is 23.8 Å². The zero-order valence-electron chi connectivity index (χ0n) is 8.95. The standard InChI is InChI=1S/C11H17NO2/c1-12(2)11-5-4-10(14-3)8-9(11)6-7-13/h4-5,8,13H,6-7H2,1-3H3. The fourth-order valence-corrected chi connectivity index (χ4v) is 1.45. The Morgan fingerprint density at radius 1 is 1.36 bits per heavy atom. The highest BCUT2D eigenvalue weighted by Gasteiger charge is 2.05. The molecule has 0 bridgehead atoms. The maximum Gasteiger partial charge on any atom is 0.119 e. The van der Waals surface area contributed by atoms with Crippen LogP contribution >= 0.6 is 0 Å². The second-order valence-electron chi connectivity index (χ2n) is 3.36. The minimum Gasteiger partial charge on any atom is -0.497 e. The van der Waals surface area contributed by atoms with E-state index in [4.69, 9.17) is 9.84 Å². The quantitative estimate of drug-likeness (QED) is 0.786. The molecule has 3 nitrogen and oxygen atoms in total. The van der Waals surface area contributed by atoms with E-state index in [-0.39, 0.29) is 6.61 Å². The van der Waals surface area contributed by atoms with Crippen LogP contribution in [0.3, 0.4) is 0 Å². The molecule has 0 unspecified atom stereocenters. The molecule has 0 aliphatic heterocycles. The van der Waals surface area contributed by atoms with E-state index in [1.165, 1.54) is 0 Å². The number of hydrogen-bond donors (Lipinski definition) is 1. The van der Waals surface area contributed by atoms with Crippen LogP contribution in [0.4, 0.5) is 5.69 Å². The van der Waals surface area contributed by atoms with E-state index in [0.717, 1.165) is 17.0 Å². The highest BCUT2D eigenvalue weighted by molar-refractivity contribution is 5.55. The van der Waals surface area contributed by atoms with E-state index < -0.39 is 0 Å². The number of aliphatic hydroxyl groups is 1. The molecule has 0 spiro atoms. The molecule has 0 atom stereocenters. The van der Waals surface area contributed by atoms with Gasteiger partial charge in [0.2, 0.25) is 0 Å². The number of anilines is 1. The summed E-state index contributed by atoms with van der Waals surface area (Å²) in [5, 5.41) is 8.93. The lowest BCUT2D eigenvalue weighted by molar-refractivity contribution is 0.299. The van der Waals surface area contributed by atoms with E-state index in [2.05, 4.69) is 0 Å². The van der Waals surface area contributed by atoms with E-state index in [1.54, 1.807) is 7.11 Å². The predicted molar refractivity (Wildman–Crippen MR) is 58.1 cm³/mol. The number of ether oxygens (including phenoxy) is 1. The molecule has 3 heteroatoms. The molecule has 0 aliphatic carbocycles. The summed E-state index contributed by atoms with van der Waals surface area (Å²) >= 11 is 0. The van der Waals surface area contributed by atoms with Gasteiger partial charge in [0, 0.05) is 26.4 Å². The van der Waals surface area contributed by atoms with E-state index in [9.17, 15) is 0 Å². The third-order valence-corrected chi connectivity index (χ3v) is 2.15. The summed E-state index contributed by atoms with van der Waals surface area (Å²) in [5.41, 5.74) is 2.23. The topological polar surface area (TPSA) is 32.7 Å². The van der Waals surface area contributed by atoms with Crippen molar-refractivity contribution < 1.29 is 9.84 Å². The van der Waals surface area contributed by atoms with Gasteiger partial charge in [0.25, 0.3) is 0 Å². The van der Waals surface area contributed by atoms with E-state index in [0.29, 0.717) is 6.42 Å². The zero-order chi connectivity index (χ0) is 10.6. The third-order valence-electron chi connectivity index (χ3n) is 2.15. The second kappa shape index (κ2) is 4.86. The Balaban J connectivity index is 3.03. The molecule has 0 aromatic heterocycles. The molecular weight excluding hydrogens is 178 g/mol. The number of aliphatic hydroxyl groups excluding tert-OH is 1. The van der Waals surface area contributed by atoms with E-state index >= 15 is 0 Å². The van der Waals surface area contributed by atoms with Crippen LogP contribution in [0.15, 0.2) is 18.2 Å². The number of benzene rings is 1. The highest BCUT2D eigenvalue weighted by Crippen LogP contribution is 2.24. The lowest BCUT2D eigenvalue weighted by Crippen LogP contribution is -2.12. The van der Waals surface area contributed by atoms with Gasteiger partial charge in [-0.25, -0.2) is 0 Å². The molecule has 14 heavy (non-hydrogen) atoms. The molecule has 0 saturated heterocycles. The average molecular weight is 195 g/mol. The van der Waals surface area contributed by atoms with Crippen LogP contribution in [0.1, 0.15) is 5.56 Å². The van der Waals surface area contributed by atoms with Gasteiger partial charge in [-0.3, -0.25) is 0 Å². The molecule has 0 aliphatic rings. The molecule has 1 aromatic carbocycles. The van der Waals surface area contributed by atoms with E-state index in [1.807, 2.05) is 37.2 Å². The minimum atomic E-state index is 0.161. The van der Waals surface area contributed by atoms with Crippen LogP contribution < -0.4 is 9.64 Å². The Hall–Kier alpha value is -1.22. The van der Waals surface area contributed by atoms with Crippen molar-refractivity contribution in [2.45, 2.75) is 6.42 Å². The van der Waals surface area contributed by atoms with Crippen LogP contribution in [0.25, 0.3) is 0 Å². The lowest BCUT2D eigenvalue weighted by atomic mass is 10.1. The lowest BCUT2D eigenvalue weighted by Gasteiger charge is -2.17. The number of nitrogens with zero attached hydrogens (tertiary/aromatic N) is 1. The van der Waals surface area contributed by atoms with Crippen molar-refractivity contribution >= 4 is 5.69 Å². The van der Waals surface area contributed by atoms with Crippen LogP contribution in [0.5, 0.6) is 5.75 Å². The van der Waals surface area contributed by atoms with Crippen molar-refractivity contribution in [3.8, 4) is 5.75 Å². The van der Waals surface area contributed by atoms with Crippen molar-refractivity contribution in [1.82, 2.24) is 0 Å². The molecule has 0 fully saturated rings. The molecule has 1 rings (SSSR count). The van der Waals surface area contributed by atoms with Crippen molar-refractivity contribution in [2.75, 3.05) is 32.7 Å². The summed E-state index contributed by atoms with van der Waals surface area (Å²) in [6, 6.07) is 5.89. The van der Waals surface area contributed by atoms with Crippen molar-refractivity contribution in [1.29, 1.82) is 0 Å². The SMILES string of the molecule is COc1ccc(N(C)C)c(CCO)c1. The largest absolute Gasteiger partial charge is 0.497 e. The van der Waals surface area contributed by atoms with Crippen molar-refractivity contribution in [3.63, 3.8) is 0 Å². The Bertz CT molecular complexity index is 297. The van der Waals surface area contributed by atoms with Gasteiger partial charge in [-0.05, 0) is 30.2 Å². The van der Waals surface area contributed by atoms with Gasteiger partial charge in [-0.15, -0.1) is 0 Å². The summed E-state index contributed by atoms with van der Waals surface area (Å²) in [6.07, 6.45) is 0.657. The average Bonchev–Trinajstić information content (AvgIpc) is 2.17. The van der Waals surface area contributed by atoms with Crippen LogP contribution in [-0.2, 0) is 6.42 Å². The minimum absolute atomic E-state index is 0.161. The summed E-state index contributed by atoms with van der Waals surface area (Å²) in [7, 11) is 5.62. The first kappa shape index (κ1) is 10.9. The molecule has 78 valence electrons. The first-order chi connectivity index (χ1) is 6.69. The van der Waals surface area contributed by atoms with Gasteiger partial charge < -0.3 is 14.7 Å². The van der Waals surface area contributed by atoms with Crippen LogP contribution in [0.2, 0.25) is 0 Å². The maximum absolute atomic E-state index is 8.93. The summed E-state index contributed by atoms with van der Waals surface area (Å²) in [4.78, 5) is 2.03. The summed E-state index contributed by atoms with van der Waals surface area (Å²) in [5.74, 6) is 0.832. The third kappa shape index (κ3) is 2.39. The molecule has 0 saturated carbocycles. The Labute approximate surface area is 84.9 Å². The second-order valence-corrected chi connectivity index (χ2v) is 3.36. The van der Waals surface area contributed by atoms with Gasteiger partial charge in [0.15, 0.2) is 0 Å². The summed E-state index contributed by atoms with van der Waals surface area (Å²) in [6.45, 7) is 0.161. The molecule has 1 aromatic rings. The molecule has 0 heterocycles. The zero-order valence-corrected chi connectivity index (χ0v) is 8.95. The fourth-order valence-electron chi connectivity index (χ4n) is 1.45. The van der Waals surface area contributed by atoms with Gasteiger partial charge in [0.05, 0.1) is 7.11 Å². The smallest absolute Gasteiger partial charge is 0.119 e. The normalized spacial score (nSPS) is 10.0. The first-order valence-corrected chi connectivity index (χ1v) is 4.64. The van der Waals surface area contributed by atoms with Crippen LogP contribution in [-0.4, -0.2) is 32.9 Å². The number of hydrogen-bond acceptors (Lipinski definition) is 3. The molecule has 0 radical (unpaired) electrons. The predicted octanol–water partition coefficient (Wildman–Crippen LogP) is 1.30. The maximum atomic E-state index is 8.93. The van der Waals surface area contributed by atoms with Crippen molar-refractivity contribution in [2.24, 2.45) is 0 Å². The van der Waals surface area contributed by atoms with Gasteiger partial charge in [-0.1, -0.05) is 0 Å².